The number of hydrogen-bond donors (Lipinski definition) is 0. The molecule has 23 heavy (non-hydrogen) atoms. The number of amides is 1. The predicted molar refractivity (Wildman–Crippen MR) is 92.1 cm³/mol. The number of aryl methyl sites for hydroxylation is 1. The van der Waals surface area contributed by atoms with Gasteiger partial charge in [-0.1, -0.05) is 12.1 Å². The quantitative estimate of drug-likeness (QED) is 0.852. The van der Waals surface area contributed by atoms with Gasteiger partial charge in [-0.3, -0.25) is 4.79 Å². The zero-order chi connectivity index (χ0) is 16.2. The van der Waals surface area contributed by atoms with Gasteiger partial charge in [0.15, 0.2) is 0 Å². The van der Waals surface area contributed by atoms with Gasteiger partial charge in [0.2, 0.25) is 0 Å². The monoisotopic (exact) mass is 330 g/mol. The van der Waals surface area contributed by atoms with Crippen molar-refractivity contribution < 1.29 is 9.53 Å². The number of likely N-dealkylation sites (tertiary alicyclic amines) is 1. The van der Waals surface area contributed by atoms with Crippen LogP contribution < -0.4 is 4.74 Å². The van der Waals surface area contributed by atoms with E-state index in [2.05, 4.69) is 24.9 Å². The lowest BCUT2D eigenvalue weighted by atomic mass is 10.1. The molecule has 0 atom stereocenters. The van der Waals surface area contributed by atoms with Crippen molar-refractivity contribution in [3.8, 4) is 5.75 Å². The highest BCUT2D eigenvalue weighted by atomic mass is 32.1. The summed E-state index contributed by atoms with van der Waals surface area (Å²) in [5.74, 6) is 0.933. The summed E-state index contributed by atoms with van der Waals surface area (Å²) in [6.45, 7) is 6.23. The van der Waals surface area contributed by atoms with Crippen molar-refractivity contribution in [3.63, 3.8) is 0 Å². The lowest BCUT2D eigenvalue weighted by Crippen LogP contribution is -2.35. The minimum atomic E-state index is 0.0546. The Balaban J connectivity index is 1.63. The third kappa shape index (κ3) is 3.72. The van der Waals surface area contributed by atoms with Crippen LogP contribution in [0.5, 0.6) is 5.75 Å². The maximum atomic E-state index is 12.4. The minimum Gasteiger partial charge on any atom is -0.486 e. The molecule has 2 heterocycles. The smallest absolute Gasteiger partial charge is 0.273 e. The molecule has 2 aromatic rings. The molecular weight excluding hydrogens is 308 g/mol. The lowest BCUT2D eigenvalue weighted by molar-refractivity contribution is 0.0719. The Morgan fingerprint density at radius 3 is 2.83 bits per heavy atom. The van der Waals surface area contributed by atoms with Crippen LogP contribution in [-0.2, 0) is 6.61 Å². The zero-order valence-corrected chi connectivity index (χ0v) is 14.5. The molecule has 3 rings (SSSR count). The van der Waals surface area contributed by atoms with Crippen molar-refractivity contribution in [3.05, 3.63) is 45.4 Å². The Labute approximate surface area is 141 Å². The van der Waals surface area contributed by atoms with E-state index in [9.17, 15) is 4.79 Å². The average Bonchev–Trinajstić information content (AvgIpc) is 3.05. The van der Waals surface area contributed by atoms with Crippen molar-refractivity contribution >= 4 is 17.2 Å². The number of hydrogen-bond acceptors (Lipinski definition) is 4. The van der Waals surface area contributed by atoms with Crippen molar-refractivity contribution in [2.24, 2.45) is 0 Å². The van der Waals surface area contributed by atoms with E-state index in [0.29, 0.717) is 12.3 Å². The van der Waals surface area contributed by atoms with E-state index in [-0.39, 0.29) is 5.91 Å². The number of carbonyl (C=O) groups excluding carboxylic acids is 1. The highest BCUT2D eigenvalue weighted by molar-refractivity contribution is 7.09. The van der Waals surface area contributed by atoms with Gasteiger partial charge in [-0.25, -0.2) is 4.98 Å². The first-order valence-electron chi connectivity index (χ1n) is 8.08. The summed E-state index contributed by atoms with van der Waals surface area (Å²) in [5.41, 5.74) is 2.91. The Bertz CT molecular complexity index is 690. The maximum absolute atomic E-state index is 12.4. The number of thiazole rings is 1. The van der Waals surface area contributed by atoms with Crippen LogP contribution in [0.3, 0.4) is 0 Å². The number of piperidine rings is 1. The standard InChI is InChI=1S/C18H22N2O2S/c1-13-7-6-8-16(14(13)2)22-11-17-19-15(12-23-17)18(21)20-9-4-3-5-10-20/h6-8,12H,3-5,9-11H2,1-2H3. The third-order valence-electron chi connectivity index (χ3n) is 4.32. The molecule has 0 unspecified atom stereocenters. The number of rotatable bonds is 4. The largest absolute Gasteiger partial charge is 0.486 e. The fourth-order valence-corrected chi connectivity index (χ4v) is 3.43. The highest BCUT2D eigenvalue weighted by Gasteiger charge is 2.20. The van der Waals surface area contributed by atoms with Gasteiger partial charge in [-0.05, 0) is 50.3 Å². The summed E-state index contributed by atoms with van der Waals surface area (Å²) in [6, 6.07) is 6.03. The zero-order valence-electron chi connectivity index (χ0n) is 13.7. The molecule has 1 aliphatic heterocycles. The second kappa shape index (κ2) is 7.13. The van der Waals surface area contributed by atoms with E-state index < -0.39 is 0 Å². The fourth-order valence-electron chi connectivity index (χ4n) is 2.75. The number of carbonyl (C=O) groups is 1. The first-order valence-corrected chi connectivity index (χ1v) is 8.96. The van der Waals surface area contributed by atoms with E-state index in [0.717, 1.165) is 42.3 Å². The van der Waals surface area contributed by atoms with Crippen LogP contribution in [0.4, 0.5) is 0 Å². The highest BCUT2D eigenvalue weighted by Crippen LogP contribution is 2.23. The Morgan fingerprint density at radius 1 is 1.26 bits per heavy atom. The Hall–Kier alpha value is -1.88. The average molecular weight is 330 g/mol. The van der Waals surface area contributed by atoms with Gasteiger partial charge >= 0.3 is 0 Å². The van der Waals surface area contributed by atoms with Crippen LogP contribution in [0.15, 0.2) is 23.6 Å². The molecule has 1 amide bonds. The van der Waals surface area contributed by atoms with Crippen molar-refractivity contribution in [2.45, 2.75) is 39.7 Å². The van der Waals surface area contributed by atoms with Crippen LogP contribution in [0.2, 0.25) is 0 Å². The molecule has 0 saturated carbocycles. The Morgan fingerprint density at radius 2 is 2.04 bits per heavy atom. The molecule has 1 fully saturated rings. The summed E-state index contributed by atoms with van der Waals surface area (Å²) in [4.78, 5) is 18.8. The summed E-state index contributed by atoms with van der Waals surface area (Å²) in [6.07, 6.45) is 3.41. The van der Waals surface area contributed by atoms with E-state index in [1.165, 1.54) is 23.3 Å². The number of aromatic nitrogens is 1. The molecular formula is C18H22N2O2S. The first kappa shape index (κ1) is 16.0. The summed E-state index contributed by atoms with van der Waals surface area (Å²) in [7, 11) is 0. The first-order chi connectivity index (χ1) is 11.1. The molecule has 0 radical (unpaired) electrons. The van der Waals surface area contributed by atoms with Gasteiger partial charge in [0.05, 0.1) is 0 Å². The van der Waals surface area contributed by atoms with Gasteiger partial charge in [0.25, 0.3) is 5.91 Å². The van der Waals surface area contributed by atoms with Gasteiger partial charge in [-0.15, -0.1) is 11.3 Å². The van der Waals surface area contributed by atoms with Crippen LogP contribution in [0.1, 0.15) is 45.9 Å². The summed E-state index contributed by atoms with van der Waals surface area (Å²) < 4.78 is 5.87. The second-order valence-electron chi connectivity index (χ2n) is 5.97. The maximum Gasteiger partial charge on any atom is 0.273 e. The molecule has 0 spiro atoms. The number of nitrogens with zero attached hydrogens (tertiary/aromatic N) is 2. The molecule has 5 heteroatoms. The molecule has 1 saturated heterocycles. The van der Waals surface area contributed by atoms with Crippen molar-refractivity contribution in [1.29, 1.82) is 0 Å². The van der Waals surface area contributed by atoms with Crippen LogP contribution in [0.25, 0.3) is 0 Å². The fraction of sp³-hybridized carbons (Fsp3) is 0.444. The van der Waals surface area contributed by atoms with Crippen molar-refractivity contribution in [2.75, 3.05) is 13.1 Å². The number of benzene rings is 1. The van der Waals surface area contributed by atoms with Crippen LogP contribution in [-0.4, -0.2) is 28.9 Å². The van der Waals surface area contributed by atoms with Gasteiger partial charge in [0.1, 0.15) is 23.1 Å². The number of ether oxygens (including phenoxy) is 1. The SMILES string of the molecule is Cc1cccc(OCc2nc(C(=O)N3CCCCC3)cs2)c1C. The van der Waals surface area contributed by atoms with E-state index in [1.807, 2.05) is 22.4 Å². The molecule has 0 N–H and O–H groups in total. The van der Waals surface area contributed by atoms with Gasteiger partial charge < -0.3 is 9.64 Å². The summed E-state index contributed by atoms with van der Waals surface area (Å²) in [5, 5.41) is 2.69. The van der Waals surface area contributed by atoms with Crippen molar-refractivity contribution in [1.82, 2.24) is 9.88 Å². The van der Waals surface area contributed by atoms with Crippen LogP contribution in [0, 0.1) is 13.8 Å². The Kier molecular flexibility index (Phi) is 4.96. The molecule has 1 aromatic carbocycles. The van der Waals surface area contributed by atoms with Crippen LogP contribution >= 0.6 is 11.3 Å². The van der Waals surface area contributed by atoms with Gasteiger partial charge in [0, 0.05) is 18.5 Å². The minimum absolute atomic E-state index is 0.0546. The third-order valence-corrected chi connectivity index (χ3v) is 5.14. The normalized spacial score (nSPS) is 14.8. The molecule has 1 aliphatic rings. The molecule has 1 aromatic heterocycles. The molecule has 0 bridgehead atoms. The molecule has 122 valence electrons. The molecule has 4 nitrogen and oxygen atoms in total. The van der Waals surface area contributed by atoms with E-state index in [4.69, 9.17) is 4.74 Å². The van der Waals surface area contributed by atoms with Gasteiger partial charge in [-0.2, -0.15) is 0 Å². The molecule has 0 aliphatic carbocycles. The summed E-state index contributed by atoms with van der Waals surface area (Å²) >= 11 is 1.49. The van der Waals surface area contributed by atoms with E-state index in [1.54, 1.807) is 0 Å². The van der Waals surface area contributed by atoms with E-state index >= 15 is 0 Å². The lowest BCUT2D eigenvalue weighted by Gasteiger charge is -2.25. The second-order valence-corrected chi connectivity index (χ2v) is 6.91. The predicted octanol–water partition coefficient (Wildman–Crippen LogP) is 3.97. The topological polar surface area (TPSA) is 42.4 Å².